The number of carbonyl (C=O) groups is 2. The molecule has 0 fully saturated rings. The minimum absolute atomic E-state index is 0.115. The number of halogens is 1. The molecule has 0 unspecified atom stereocenters. The van der Waals surface area contributed by atoms with Gasteiger partial charge in [-0.05, 0) is 61.7 Å². The lowest BCUT2D eigenvalue weighted by molar-refractivity contribution is -0.115. The van der Waals surface area contributed by atoms with Crippen LogP contribution in [0.1, 0.15) is 27.0 Å². The average Bonchev–Trinajstić information content (AvgIpc) is 2.50. The Morgan fingerprint density at radius 1 is 1.00 bits per heavy atom. The van der Waals surface area contributed by atoms with Gasteiger partial charge in [0.1, 0.15) is 0 Å². The van der Waals surface area contributed by atoms with Gasteiger partial charge in [0.15, 0.2) is 0 Å². The zero-order valence-electron chi connectivity index (χ0n) is 13.4. The standard InChI is InChI=1S/C18H19ClN2O2/c1-11-4-7-16(15(19)8-11)21-17(22)10-20-18(23)14-6-5-12(2)13(3)9-14/h4-9H,10H2,1-3H3,(H,20,23)(H,21,22). The Bertz CT molecular complexity index is 757. The van der Waals surface area contributed by atoms with Crippen molar-refractivity contribution in [1.29, 1.82) is 0 Å². The highest BCUT2D eigenvalue weighted by Gasteiger charge is 2.10. The van der Waals surface area contributed by atoms with Crippen molar-refractivity contribution in [3.05, 3.63) is 63.7 Å². The summed E-state index contributed by atoms with van der Waals surface area (Å²) in [5.74, 6) is -0.605. The van der Waals surface area contributed by atoms with Gasteiger partial charge < -0.3 is 10.6 Å². The number of nitrogens with one attached hydrogen (secondary N) is 2. The lowest BCUT2D eigenvalue weighted by atomic mass is 10.1. The molecular formula is C18H19ClN2O2. The Morgan fingerprint density at radius 3 is 2.39 bits per heavy atom. The Kier molecular flexibility index (Phi) is 5.40. The molecule has 4 nitrogen and oxygen atoms in total. The summed E-state index contributed by atoms with van der Waals surface area (Å²) < 4.78 is 0. The predicted molar refractivity (Wildman–Crippen MR) is 93.1 cm³/mol. The van der Waals surface area contributed by atoms with E-state index >= 15 is 0 Å². The highest BCUT2D eigenvalue weighted by molar-refractivity contribution is 6.33. The Morgan fingerprint density at radius 2 is 1.74 bits per heavy atom. The molecule has 120 valence electrons. The molecule has 0 aliphatic heterocycles. The first kappa shape index (κ1) is 17.0. The van der Waals surface area contributed by atoms with Crippen molar-refractivity contribution in [3.8, 4) is 0 Å². The second-order valence-corrected chi connectivity index (χ2v) is 5.92. The van der Waals surface area contributed by atoms with E-state index in [1.807, 2.05) is 32.9 Å². The van der Waals surface area contributed by atoms with Crippen molar-refractivity contribution in [3.63, 3.8) is 0 Å². The van der Waals surface area contributed by atoms with Crippen LogP contribution in [0.15, 0.2) is 36.4 Å². The van der Waals surface area contributed by atoms with E-state index < -0.39 is 0 Å². The van der Waals surface area contributed by atoms with Gasteiger partial charge in [-0.3, -0.25) is 9.59 Å². The molecular weight excluding hydrogens is 312 g/mol. The molecule has 0 saturated carbocycles. The van der Waals surface area contributed by atoms with Crippen molar-refractivity contribution in [2.75, 3.05) is 11.9 Å². The summed E-state index contributed by atoms with van der Waals surface area (Å²) in [6.07, 6.45) is 0. The van der Waals surface area contributed by atoms with Crippen LogP contribution >= 0.6 is 11.6 Å². The molecule has 0 bridgehead atoms. The van der Waals surface area contributed by atoms with Gasteiger partial charge in [0, 0.05) is 5.56 Å². The van der Waals surface area contributed by atoms with E-state index in [0.29, 0.717) is 16.3 Å². The summed E-state index contributed by atoms with van der Waals surface area (Å²) in [5, 5.41) is 5.75. The first-order valence-corrected chi connectivity index (χ1v) is 7.66. The van der Waals surface area contributed by atoms with Crippen LogP contribution in [-0.4, -0.2) is 18.4 Å². The molecule has 23 heavy (non-hydrogen) atoms. The molecule has 2 aromatic carbocycles. The van der Waals surface area contributed by atoms with E-state index in [1.165, 1.54) is 0 Å². The van der Waals surface area contributed by atoms with Crippen LogP contribution in [0.2, 0.25) is 5.02 Å². The van der Waals surface area contributed by atoms with Crippen LogP contribution in [0.3, 0.4) is 0 Å². The number of anilines is 1. The third-order valence-electron chi connectivity index (χ3n) is 3.58. The number of amides is 2. The summed E-state index contributed by atoms with van der Waals surface area (Å²) in [6, 6.07) is 10.8. The van der Waals surface area contributed by atoms with E-state index in [9.17, 15) is 9.59 Å². The molecule has 2 aromatic rings. The van der Waals surface area contributed by atoms with Gasteiger partial charge >= 0.3 is 0 Å². The molecule has 0 heterocycles. The van der Waals surface area contributed by atoms with Crippen molar-refractivity contribution in [1.82, 2.24) is 5.32 Å². The maximum Gasteiger partial charge on any atom is 0.251 e. The maximum atomic E-state index is 12.1. The van der Waals surface area contributed by atoms with E-state index in [4.69, 9.17) is 11.6 Å². The van der Waals surface area contributed by atoms with Crippen LogP contribution in [0, 0.1) is 20.8 Å². The smallest absolute Gasteiger partial charge is 0.251 e. The molecule has 0 aliphatic rings. The van der Waals surface area contributed by atoms with Gasteiger partial charge in [0.05, 0.1) is 17.3 Å². The van der Waals surface area contributed by atoms with Gasteiger partial charge in [-0.15, -0.1) is 0 Å². The topological polar surface area (TPSA) is 58.2 Å². The van der Waals surface area contributed by atoms with Crippen molar-refractivity contribution < 1.29 is 9.59 Å². The SMILES string of the molecule is Cc1ccc(NC(=O)CNC(=O)c2ccc(C)c(C)c2)c(Cl)c1. The number of rotatable bonds is 4. The van der Waals surface area contributed by atoms with Crippen molar-refractivity contribution >= 4 is 29.1 Å². The van der Waals surface area contributed by atoms with Crippen LogP contribution in [0.25, 0.3) is 0 Å². The summed E-state index contributed by atoms with van der Waals surface area (Å²) in [4.78, 5) is 24.0. The summed E-state index contributed by atoms with van der Waals surface area (Å²) in [6.45, 7) is 5.73. The quantitative estimate of drug-likeness (QED) is 0.899. The Labute approximate surface area is 140 Å². The van der Waals surface area contributed by atoms with Crippen molar-refractivity contribution in [2.45, 2.75) is 20.8 Å². The first-order valence-electron chi connectivity index (χ1n) is 7.28. The van der Waals surface area contributed by atoms with E-state index in [0.717, 1.165) is 16.7 Å². The lowest BCUT2D eigenvalue weighted by Gasteiger charge is -2.09. The number of carbonyl (C=O) groups excluding carboxylic acids is 2. The van der Waals surface area contributed by atoms with E-state index in [1.54, 1.807) is 24.3 Å². The van der Waals surface area contributed by atoms with Gasteiger partial charge in [-0.1, -0.05) is 23.7 Å². The molecule has 0 aromatic heterocycles. The summed E-state index contributed by atoms with van der Waals surface area (Å²) >= 11 is 6.06. The first-order chi connectivity index (χ1) is 10.9. The third-order valence-corrected chi connectivity index (χ3v) is 3.89. The van der Waals surface area contributed by atoms with Crippen LogP contribution in [0.4, 0.5) is 5.69 Å². The minimum Gasteiger partial charge on any atom is -0.343 e. The minimum atomic E-state index is -0.326. The molecule has 0 radical (unpaired) electrons. The second kappa shape index (κ2) is 7.29. The molecule has 0 atom stereocenters. The highest BCUT2D eigenvalue weighted by atomic mass is 35.5. The normalized spacial score (nSPS) is 10.3. The molecule has 0 spiro atoms. The van der Waals surface area contributed by atoms with Gasteiger partial charge in [-0.25, -0.2) is 0 Å². The second-order valence-electron chi connectivity index (χ2n) is 5.51. The largest absolute Gasteiger partial charge is 0.343 e. The fourth-order valence-electron chi connectivity index (χ4n) is 2.06. The zero-order chi connectivity index (χ0) is 17.0. The van der Waals surface area contributed by atoms with Crippen LogP contribution in [-0.2, 0) is 4.79 Å². The van der Waals surface area contributed by atoms with E-state index in [2.05, 4.69) is 10.6 Å². The third kappa shape index (κ3) is 4.57. The van der Waals surface area contributed by atoms with Gasteiger partial charge in [0.2, 0.25) is 5.91 Å². The number of benzene rings is 2. The summed E-state index contributed by atoms with van der Waals surface area (Å²) in [5.41, 5.74) is 4.23. The highest BCUT2D eigenvalue weighted by Crippen LogP contribution is 2.22. The summed E-state index contributed by atoms with van der Waals surface area (Å²) in [7, 11) is 0. The number of aryl methyl sites for hydroxylation is 3. The molecule has 5 heteroatoms. The van der Waals surface area contributed by atoms with Gasteiger partial charge in [-0.2, -0.15) is 0 Å². The molecule has 2 amide bonds. The predicted octanol–water partition coefficient (Wildman–Crippen LogP) is 3.63. The number of hydrogen-bond donors (Lipinski definition) is 2. The van der Waals surface area contributed by atoms with E-state index in [-0.39, 0.29) is 18.4 Å². The molecule has 0 saturated heterocycles. The van der Waals surface area contributed by atoms with Crippen LogP contribution in [0.5, 0.6) is 0 Å². The molecule has 0 aliphatic carbocycles. The van der Waals surface area contributed by atoms with Gasteiger partial charge in [0.25, 0.3) is 5.91 Å². The zero-order valence-corrected chi connectivity index (χ0v) is 14.1. The monoisotopic (exact) mass is 330 g/mol. The maximum absolute atomic E-state index is 12.1. The van der Waals surface area contributed by atoms with Crippen molar-refractivity contribution in [2.24, 2.45) is 0 Å². The number of hydrogen-bond acceptors (Lipinski definition) is 2. The lowest BCUT2D eigenvalue weighted by Crippen LogP contribution is -2.32. The fourth-order valence-corrected chi connectivity index (χ4v) is 2.34. The fraction of sp³-hybridized carbons (Fsp3) is 0.222. The average molecular weight is 331 g/mol. The Hall–Kier alpha value is -2.33. The van der Waals surface area contributed by atoms with Crippen LogP contribution < -0.4 is 10.6 Å². The Balaban J connectivity index is 1.93. The molecule has 2 rings (SSSR count). The molecule has 2 N–H and O–H groups in total.